The number of aromatic amines is 1. The number of nitrogens with one attached hydrogen (secondary N) is 2. The molecule has 0 aliphatic heterocycles. The van der Waals surface area contributed by atoms with Gasteiger partial charge < -0.3 is 5.32 Å². The third-order valence-corrected chi connectivity index (χ3v) is 5.22. The molecule has 6 nitrogen and oxygen atoms in total. The Morgan fingerprint density at radius 2 is 2.30 bits per heavy atom. The largest absolute Gasteiger partial charge is 0.346 e. The number of carbonyl (C=O) groups excluding carboxylic acids is 1. The maximum Gasteiger partial charge on any atom is 0.270 e. The number of rotatable bonds is 4. The van der Waals surface area contributed by atoms with Gasteiger partial charge in [0.1, 0.15) is 5.69 Å². The Morgan fingerprint density at radius 3 is 3.13 bits per heavy atom. The SMILES string of the molecule is Cc1nc2sccn2c1C(=O)NCc1cn[nH]c1-c1cccs1. The van der Waals surface area contributed by atoms with E-state index >= 15 is 0 Å². The Labute approximate surface area is 139 Å². The van der Waals surface area contributed by atoms with E-state index in [-0.39, 0.29) is 5.91 Å². The summed E-state index contributed by atoms with van der Waals surface area (Å²) in [4.78, 5) is 18.9. The second-order valence-electron chi connectivity index (χ2n) is 5.03. The van der Waals surface area contributed by atoms with Crippen molar-refractivity contribution in [2.45, 2.75) is 13.5 Å². The summed E-state index contributed by atoms with van der Waals surface area (Å²) in [6.07, 6.45) is 3.61. The highest BCUT2D eigenvalue weighted by molar-refractivity contribution is 7.15. The van der Waals surface area contributed by atoms with Gasteiger partial charge in [0.2, 0.25) is 0 Å². The third-order valence-electron chi connectivity index (χ3n) is 3.58. The van der Waals surface area contributed by atoms with Crippen molar-refractivity contribution < 1.29 is 4.79 Å². The smallest absolute Gasteiger partial charge is 0.270 e. The number of imidazole rings is 1. The average molecular weight is 343 g/mol. The monoisotopic (exact) mass is 343 g/mol. The number of hydrogen-bond donors (Lipinski definition) is 2. The van der Waals surface area contributed by atoms with Gasteiger partial charge in [0, 0.05) is 23.7 Å². The van der Waals surface area contributed by atoms with Crippen LogP contribution in [0.5, 0.6) is 0 Å². The lowest BCUT2D eigenvalue weighted by Crippen LogP contribution is -2.24. The predicted octanol–water partition coefficient (Wildman–Crippen LogP) is 3.09. The molecule has 4 aromatic heterocycles. The molecule has 0 aliphatic carbocycles. The van der Waals surface area contributed by atoms with E-state index in [1.807, 2.05) is 40.4 Å². The van der Waals surface area contributed by atoms with Crippen molar-refractivity contribution in [2.75, 3.05) is 0 Å². The van der Waals surface area contributed by atoms with Gasteiger partial charge in [0.05, 0.1) is 22.5 Å². The number of nitrogens with zero attached hydrogens (tertiary/aromatic N) is 3. The summed E-state index contributed by atoms with van der Waals surface area (Å²) in [5.41, 5.74) is 3.23. The van der Waals surface area contributed by atoms with Crippen molar-refractivity contribution in [3.63, 3.8) is 0 Å². The zero-order valence-electron chi connectivity index (χ0n) is 12.2. The Morgan fingerprint density at radius 1 is 1.39 bits per heavy atom. The second kappa shape index (κ2) is 5.64. The van der Waals surface area contributed by atoms with Crippen molar-refractivity contribution in [3.05, 3.63) is 52.2 Å². The maximum absolute atomic E-state index is 12.5. The van der Waals surface area contributed by atoms with E-state index in [9.17, 15) is 4.79 Å². The van der Waals surface area contributed by atoms with Crippen molar-refractivity contribution >= 4 is 33.5 Å². The molecule has 23 heavy (non-hydrogen) atoms. The van der Waals surface area contributed by atoms with Gasteiger partial charge in [0.15, 0.2) is 4.96 Å². The van der Waals surface area contributed by atoms with Crippen LogP contribution in [0.4, 0.5) is 0 Å². The molecule has 2 N–H and O–H groups in total. The standard InChI is InChI=1S/C15H13N5OS2/c1-9-13(20-4-6-23-15(20)18-9)14(21)16-7-10-8-17-19-12(10)11-3-2-5-22-11/h2-6,8H,7H2,1H3,(H,16,21)(H,17,19). The van der Waals surface area contributed by atoms with Crippen molar-refractivity contribution in [1.29, 1.82) is 0 Å². The molecule has 0 aromatic carbocycles. The number of aryl methyl sites for hydroxylation is 1. The molecule has 4 aromatic rings. The molecule has 0 bridgehead atoms. The van der Waals surface area contributed by atoms with Crippen LogP contribution in [-0.4, -0.2) is 25.5 Å². The summed E-state index contributed by atoms with van der Waals surface area (Å²) in [7, 11) is 0. The van der Waals surface area contributed by atoms with Crippen LogP contribution in [0.1, 0.15) is 21.7 Å². The Hall–Kier alpha value is -2.45. The van der Waals surface area contributed by atoms with Crippen molar-refractivity contribution in [1.82, 2.24) is 24.9 Å². The van der Waals surface area contributed by atoms with Gasteiger partial charge >= 0.3 is 0 Å². The highest BCUT2D eigenvalue weighted by Gasteiger charge is 2.18. The van der Waals surface area contributed by atoms with Gasteiger partial charge in [-0.15, -0.1) is 22.7 Å². The fourth-order valence-electron chi connectivity index (χ4n) is 2.51. The van der Waals surface area contributed by atoms with Crippen LogP contribution in [0.25, 0.3) is 15.5 Å². The van der Waals surface area contributed by atoms with E-state index in [0.29, 0.717) is 12.2 Å². The quantitative estimate of drug-likeness (QED) is 0.598. The first-order chi connectivity index (χ1) is 11.2. The van der Waals surface area contributed by atoms with E-state index in [0.717, 1.165) is 26.8 Å². The normalized spacial score (nSPS) is 11.2. The lowest BCUT2D eigenvalue weighted by molar-refractivity contribution is 0.0944. The fraction of sp³-hybridized carbons (Fsp3) is 0.133. The number of thiazole rings is 1. The topological polar surface area (TPSA) is 75.1 Å². The fourth-order valence-corrected chi connectivity index (χ4v) is 4.02. The van der Waals surface area contributed by atoms with Gasteiger partial charge in [-0.05, 0) is 18.4 Å². The van der Waals surface area contributed by atoms with Crippen LogP contribution in [0, 0.1) is 6.92 Å². The van der Waals surface area contributed by atoms with Gasteiger partial charge in [-0.3, -0.25) is 14.3 Å². The first-order valence-electron chi connectivity index (χ1n) is 7.00. The van der Waals surface area contributed by atoms with E-state index in [1.54, 1.807) is 17.5 Å². The molecule has 0 aliphatic rings. The minimum atomic E-state index is -0.133. The van der Waals surface area contributed by atoms with Gasteiger partial charge in [-0.25, -0.2) is 4.98 Å². The molecule has 0 spiro atoms. The van der Waals surface area contributed by atoms with E-state index in [4.69, 9.17) is 0 Å². The highest BCUT2D eigenvalue weighted by atomic mass is 32.1. The first-order valence-corrected chi connectivity index (χ1v) is 8.76. The van der Waals surface area contributed by atoms with E-state index in [1.165, 1.54) is 11.3 Å². The molecular weight excluding hydrogens is 330 g/mol. The number of carbonyl (C=O) groups is 1. The summed E-state index contributed by atoms with van der Waals surface area (Å²) >= 11 is 3.15. The summed E-state index contributed by atoms with van der Waals surface area (Å²) in [6, 6.07) is 4.02. The Kier molecular flexibility index (Phi) is 3.47. The lowest BCUT2D eigenvalue weighted by atomic mass is 10.2. The predicted molar refractivity (Wildman–Crippen MR) is 90.9 cm³/mol. The summed E-state index contributed by atoms with van der Waals surface area (Å²) in [5, 5.41) is 14.0. The van der Waals surface area contributed by atoms with Crippen LogP contribution in [0.3, 0.4) is 0 Å². The molecule has 0 saturated carbocycles. The number of amides is 1. The maximum atomic E-state index is 12.5. The van der Waals surface area contributed by atoms with E-state index < -0.39 is 0 Å². The van der Waals surface area contributed by atoms with Crippen LogP contribution >= 0.6 is 22.7 Å². The minimum absolute atomic E-state index is 0.133. The van der Waals surface area contributed by atoms with Crippen molar-refractivity contribution in [2.24, 2.45) is 0 Å². The molecule has 0 saturated heterocycles. The Bertz CT molecular complexity index is 963. The molecule has 0 fully saturated rings. The molecule has 4 heterocycles. The molecule has 0 unspecified atom stereocenters. The van der Waals surface area contributed by atoms with E-state index in [2.05, 4.69) is 20.5 Å². The average Bonchev–Trinajstić information content (AvgIpc) is 3.28. The van der Waals surface area contributed by atoms with Gasteiger partial charge in [-0.1, -0.05) is 6.07 Å². The summed E-state index contributed by atoms with van der Waals surface area (Å²) in [6.45, 7) is 2.27. The van der Waals surface area contributed by atoms with Crippen LogP contribution in [-0.2, 0) is 6.54 Å². The molecule has 4 rings (SSSR count). The molecule has 116 valence electrons. The molecule has 0 atom stereocenters. The van der Waals surface area contributed by atoms with Gasteiger partial charge in [0.25, 0.3) is 5.91 Å². The van der Waals surface area contributed by atoms with Gasteiger partial charge in [-0.2, -0.15) is 5.10 Å². The summed E-state index contributed by atoms with van der Waals surface area (Å²) < 4.78 is 1.82. The lowest BCUT2D eigenvalue weighted by Gasteiger charge is -2.05. The molecule has 8 heteroatoms. The molecular formula is C15H13N5OS2. The molecule has 1 amide bonds. The number of H-pyrrole nitrogens is 1. The molecule has 0 radical (unpaired) electrons. The van der Waals surface area contributed by atoms with Crippen molar-refractivity contribution in [3.8, 4) is 10.6 Å². The third kappa shape index (κ3) is 2.45. The van der Waals surface area contributed by atoms with Crippen LogP contribution in [0.2, 0.25) is 0 Å². The number of fused-ring (bicyclic) bond motifs is 1. The summed E-state index contributed by atoms with van der Waals surface area (Å²) in [5.74, 6) is -0.133. The zero-order valence-corrected chi connectivity index (χ0v) is 13.9. The van der Waals surface area contributed by atoms with Crippen LogP contribution in [0.15, 0.2) is 35.3 Å². The minimum Gasteiger partial charge on any atom is -0.346 e. The first kappa shape index (κ1) is 14.2. The van der Waals surface area contributed by atoms with Crippen LogP contribution < -0.4 is 5.32 Å². The second-order valence-corrected chi connectivity index (χ2v) is 6.85. The zero-order chi connectivity index (χ0) is 15.8. The highest BCUT2D eigenvalue weighted by Crippen LogP contribution is 2.25. The number of hydrogen-bond acceptors (Lipinski definition) is 5. The number of aromatic nitrogens is 4. The number of thiophene rings is 1. The Balaban J connectivity index is 1.56.